The van der Waals surface area contributed by atoms with Crippen molar-refractivity contribution in [3.8, 4) is 0 Å². The molecule has 3 unspecified atom stereocenters. The van der Waals surface area contributed by atoms with Gasteiger partial charge in [0.1, 0.15) is 0 Å². The van der Waals surface area contributed by atoms with Crippen molar-refractivity contribution < 1.29 is 4.79 Å². The molecule has 2 aliphatic rings. The van der Waals surface area contributed by atoms with Crippen molar-refractivity contribution in [1.82, 2.24) is 15.0 Å². The average molecular weight is 290 g/mol. The number of nitrogens with one attached hydrogen (secondary N) is 2. The minimum absolute atomic E-state index is 0.00859. The third-order valence-electron chi connectivity index (χ3n) is 4.55. The van der Waals surface area contributed by atoms with Gasteiger partial charge in [0, 0.05) is 31.0 Å². The number of carbonyl (C=O) groups excluding carboxylic acids is 1. The molecule has 104 valence electrons. The molecule has 2 fully saturated rings. The first-order valence-electron chi connectivity index (χ1n) is 7.01. The Morgan fingerprint density at radius 2 is 2.25 bits per heavy atom. The fourth-order valence-electron chi connectivity index (χ4n) is 3.47. The third kappa shape index (κ3) is 1.91. The van der Waals surface area contributed by atoms with Crippen molar-refractivity contribution >= 4 is 23.0 Å². The molecule has 3 atom stereocenters. The van der Waals surface area contributed by atoms with Crippen LogP contribution in [0.15, 0.2) is 30.6 Å². The molecule has 0 spiro atoms. The first-order valence-corrected chi connectivity index (χ1v) is 7.39. The molecular formula is C15H16ClN3O. The second-order valence-electron chi connectivity index (χ2n) is 5.79. The van der Waals surface area contributed by atoms with E-state index >= 15 is 0 Å². The molecule has 1 aliphatic carbocycles. The van der Waals surface area contributed by atoms with Gasteiger partial charge in [0.05, 0.1) is 16.1 Å². The molecule has 1 saturated heterocycles. The van der Waals surface area contributed by atoms with E-state index in [1.807, 2.05) is 35.0 Å². The number of amides is 1. The van der Waals surface area contributed by atoms with Crippen LogP contribution in [0.2, 0.25) is 5.02 Å². The Morgan fingerprint density at radius 1 is 1.35 bits per heavy atom. The van der Waals surface area contributed by atoms with Crippen LogP contribution in [0.3, 0.4) is 0 Å². The number of rotatable bonds is 2. The lowest BCUT2D eigenvalue weighted by Crippen LogP contribution is -2.44. The first-order chi connectivity index (χ1) is 9.70. The van der Waals surface area contributed by atoms with E-state index in [0.29, 0.717) is 28.6 Å². The molecule has 1 aliphatic heterocycles. The molecule has 1 amide bonds. The van der Waals surface area contributed by atoms with Crippen LogP contribution in [0, 0.1) is 5.92 Å². The SMILES string of the molecule is O=C(NC1CC2CC1CN2)c1ccc2c(Cl)ccn2c1. The summed E-state index contributed by atoms with van der Waals surface area (Å²) in [7, 11) is 0. The summed E-state index contributed by atoms with van der Waals surface area (Å²) in [4.78, 5) is 12.3. The van der Waals surface area contributed by atoms with Crippen molar-refractivity contribution in [1.29, 1.82) is 0 Å². The number of nitrogens with zero attached hydrogens (tertiary/aromatic N) is 1. The van der Waals surface area contributed by atoms with Crippen molar-refractivity contribution in [2.45, 2.75) is 24.9 Å². The molecule has 2 N–H and O–H groups in total. The Kier molecular flexibility index (Phi) is 2.75. The second kappa shape index (κ2) is 4.50. The molecule has 4 nitrogen and oxygen atoms in total. The summed E-state index contributed by atoms with van der Waals surface area (Å²) < 4.78 is 1.89. The highest BCUT2D eigenvalue weighted by molar-refractivity contribution is 6.34. The number of halogens is 1. The molecule has 20 heavy (non-hydrogen) atoms. The summed E-state index contributed by atoms with van der Waals surface area (Å²) in [6.07, 6.45) is 5.95. The van der Waals surface area contributed by atoms with Crippen LogP contribution in [0.4, 0.5) is 0 Å². The van der Waals surface area contributed by atoms with Gasteiger partial charge in [-0.1, -0.05) is 11.6 Å². The number of aromatic nitrogens is 1. The zero-order valence-electron chi connectivity index (χ0n) is 11.0. The number of pyridine rings is 1. The molecule has 2 bridgehead atoms. The maximum absolute atomic E-state index is 12.3. The fourth-order valence-corrected chi connectivity index (χ4v) is 3.69. The largest absolute Gasteiger partial charge is 0.349 e. The maximum atomic E-state index is 12.3. The number of hydrogen-bond donors (Lipinski definition) is 2. The van der Waals surface area contributed by atoms with Gasteiger partial charge in [-0.15, -0.1) is 0 Å². The molecule has 2 aromatic rings. The lowest BCUT2D eigenvalue weighted by atomic mass is 10.0. The number of carbonyl (C=O) groups is 1. The van der Waals surface area contributed by atoms with E-state index in [9.17, 15) is 4.79 Å². The molecule has 2 aromatic heterocycles. The molecule has 5 heteroatoms. The van der Waals surface area contributed by atoms with Crippen LogP contribution in [0.1, 0.15) is 23.2 Å². The van der Waals surface area contributed by atoms with E-state index in [0.717, 1.165) is 18.5 Å². The summed E-state index contributed by atoms with van der Waals surface area (Å²) in [6.45, 7) is 1.03. The Morgan fingerprint density at radius 3 is 3.00 bits per heavy atom. The number of fused-ring (bicyclic) bond motifs is 3. The predicted octanol–water partition coefficient (Wildman–Crippen LogP) is 2.07. The highest BCUT2D eigenvalue weighted by Crippen LogP contribution is 2.31. The lowest BCUT2D eigenvalue weighted by Gasteiger charge is -2.23. The van der Waals surface area contributed by atoms with Crippen LogP contribution in [0.25, 0.3) is 5.52 Å². The quantitative estimate of drug-likeness (QED) is 0.889. The normalized spacial score (nSPS) is 28.1. The van der Waals surface area contributed by atoms with Gasteiger partial charge < -0.3 is 15.0 Å². The van der Waals surface area contributed by atoms with E-state index in [-0.39, 0.29) is 5.91 Å². The topological polar surface area (TPSA) is 45.5 Å². The van der Waals surface area contributed by atoms with E-state index in [1.54, 1.807) is 0 Å². The van der Waals surface area contributed by atoms with Crippen LogP contribution >= 0.6 is 11.6 Å². The fraction of sp³-hybridized carbons (Fsp3) is 0.400. The van der Waals surface area contributed by atoms with Crippen molar-refractivity contribution in [3.63, 3.8) is 0 Å². The monoisotopic (exact) mass is 289 g/mol. The Bertz CT molecular complexity index is 681. The minimum atomic E-state index is 0.00859. The van der Waals surface area contributed by atoms with Crippen LogP contribution in [-0.4, -0.2) is 28.9 Å². The van der Waals surface area contributed by atoms with Gasteiger partial charge in [0.15, 0.2) is 0 Å². The summed E-state index contributed by atoms with van der Waals surface area (Å²) >= 11 is 6.06. The number of hydrogen-bond acceptors (Lipinski definition) is 2. The molecule has 0 radical (unpaired) electrons. The second-order valence-corrected chi connectivity index (χ2v) is 6.20. The smallest absolute Gasteiger partial charge is 0.253 e. The Balaban J connectivity index is 1.54. The van der Waals surface area contributed by atoms with Gasteiger partial charge in [0.25, 0.3) is 5.91 Å². The van der Waals surface area contributed by atoms with Gasteiger partial charge in [-0.3, -0.25) is 4.79 Å². The van der Waals surface area contributed by atoms with Crippen molar-refractivity contribution in [2.24, 2.45) is 5.92 Å². The molecule has 3 heterocycles. The molecular weight excluding hydrogens is 274 g/mol. The highest BCUT2D eigenvalue weighted by atomic mass is 35.5. The molecule has 4 rings (SSSR count). The molecule has 1 saturated carbocycles. The number of piperidine rings is 1. The van der Waals surface area contributed by atoms with Crippen LogP contribution in [0.5, 0.6) is 0 Å². The summed E-state index contributed by atoms with van der Waals surface area (Å²) in [5.41, 5.74) is 1.60. The molecule has 0 aromatic carbocycles. The van der Waals surface area contributed by atoms with Gasteiger partial charge in [0.2, 0.25) is 0 Å². The zero-order valence-corrected chi connectivity index (χ0v) is 11.7. The van der Waals surface area contributed by atoms with Crippen molar-refractivity contribution in [2.75, 3.05) is 6.54 Å². The lowest BCUT2D eigenvalue weighted by molar-refractivity contribution is 0.0924. The van der Waals surface area contributed by atoms with E-state index in [1.165, 1.54) is 6.42 Å². The first kappa shape index (κ1) is 12.2. The standard InChI is InChI=1S/C15H16ClN3O/c16-12-3-4-19-8-9(1-2-14(12)19)15(20)18-13-6-11-5-10(13)7-17-11/h1-4,8,10-11,13,17H,5-7H2,(H,18,20). The maximum Gasteiger partial charge on any atom is 0.253 e. The van der Waals surface area contributed by atoms with Gasteiger partial charge in [-0.25, -0.2) is 0 Å². The van der Waals surface area contributed by atoms with Gasteiger partial charge in [-0.2, -0.15) is 0 Å². The van der Waals surface area contributed by atoms with E-state index in [4.69, 9.17) is 11.6 Å². The predicted molar refractivity (Wildman–Crippen MR) is 78.2 cm³/mol. The highest BCUT2D eigenvalue weighted by Gasteiger charge is 2.40. The van der Waals surface area contributed by atoms with Crippen LogP contribution in [-0.2, 0) is 0 Å². The summed E-state index contributed by atoms with van der Waals surface area (Å²) in [6, 6.07) is 6.47. The van der Waals surface area contributed by atoms with Gasteiger partial charge in [-0.05, 0) is 37.0 Å². The Hall–Kier alpha value is -1.52. The van der Waals surface area contributed by atoms with Gasteiger partial charge >= 0.3 is 0 Å². The van der Waals surface area contributed by atoms with Crippen molar-refractivity contribution in [3.05, 3.63) is 41.2 Å². The van der Waals surface area contributed by atoms with Crippen LogP contribution < -0.4 is 10.6 Å². The Labute approximate surface area is 122 Å². The average Bonchev–Trinajstić information content (AvgIpc) is 3.14. The third-order valence-corrected chi connectivity index (χ3v) is 4.87. The minimum Gasteiger partial charge on any atom is -0.349 e. The van der Waals surface area contributed by atoms with E-state index in [2.05, 4.69) is 10.6 Å². The van der Waals surface area contributed by atoms with E-state index < -0.39 is 0 Å². The summed E-state index contributed by atoms with van der Waals surface area (Å²) in [5.74, 6) is 0.600. The zero-order chi connectivity index (χ0) is 13.7. The summed E-state index contributed by atoms with van der Waals surface area (Å²) in [5, 5.41) is 7.33.